The average molecular weight is 376 g/mol. The van der Waals surface area contributed by atoms with Crippen LogP contribution >= 0.6 is 50.7 Å². The van der Waals surface area contributed by atoms with Gasteiger partial charge in [-0.25, -0.2) is 0 Å². The molecule has 0 fully saturated rings. The molecule has 2 unspecified atom stereocenters. The predicted octanol–water partition coefficient (Wildman–Crippen LogP) is 5.55. The Balaban J connectivity index is 2.41. The minimum atomic E-state index is -1.55. The van der Waals surface area contributed by atoms with Crippen LogP contribution in [0.1, 0.15) is 49.0 Å². The van der Waals surface area contributed by atoms with E-state index in [2.05, 4.69) is 41.9 Å². The first-order chi connectivity index (χ1) is 8.10. The summed E-state index contributed by atoms with van der Waals surface area (Å²) < 4.78 is 3.69. The highest BCUT2D eigenvalue weighted by Gasteiger charge is 2.41. The summed E-state index contributed by atoms with van der Waals surface area (Å²) in [7, 11) is 0. The molecular weight excluding hydrogens is 360 g/mol. The number of nitrogens with zero attached hydrogens (tertiary/aromatic N) is 1. The zero-order chi connectivity index (χ0) is 13.7. The summed E-state index contributed by atoms with van der Waals surface area (Å²) in [5, 5.41) is 4.05. The fraction of sp³-hybridized carbons (Fsp3) is 0.750. The van der Waals surface area contributed by atoms with E-state index in [1.807, 2.05) is 0 Å². The fourth-order valence-electron chi connectivity index (χ4n) is 2.34. The number of hydrogen-bond acceptors (Lipinski definition) is 2. The standard InChI is InChI=1S/C12H15BrCl3NO/c1-11(2,3)6-4-7-9(8(13)5-6)17-18-10(7)12(14,15)16/h6,8H,4-5H2,1-3H3. The molecule has 2 rings (SSSR count). The third-order valence-corrected chi connectivity index (χ3v) is 4.86. The molecule has 0 bridgehead atoms. The van der Waals surface area contributed by atoms with Gasteiger partial charge in [0.15, 0.2) is 5.76 Å². The van der Waals surface area contributed by atoms with Crippen LogP contribution in [0.4, 0.5) is 0 Å². The summed E-state index contributed by atoms with van der Waals surface area (Å²) in [6.45, 7) is 6.68. The Hall–Kier alpha value is 0.560. The number of aromatic nitrogens is 1. The van der Waals surface area contributed by atoms with Gasteiger partial charge in [-0.3, -0.25) is 0 Å². The zero-order valence-corrected chi connectivity index (χ0v) is 14.3. The molecule has 0 aliphatic heterocycles. The molecule has 0 amide bonds. The Morgan fingerprint density at radius 2 is 1.89 bits per heavy atom. The van der Waals surface area contributed by atoms with Crippen LogP contribution in [0.5, 0.6) is 0 Å². The highest BCUT2D eigenvalue weighted by Crippen LogP contribution is 2.50. The van der Waals surface area contributed by atoms with Crippen molar-refractivity contribution in [3.63, 3.8) is 0 Å². The van der Waals surface area contributed by atoms with Crippen molar-refractivity contribution in [2.24, 2.45) is 11.3 Å². The van der Waals surface area contributed by atoms with Gasteiger partial charge in [-0.15, -0.1) is 0 Å². The smallest absolute Gasteiger partial charge is 0.251 e. The summed E-state index contributed by atoms with van der Waals surface area (Å²) in [6.07, 6.45) is 1.86. The lowest BCUT2D eigenvalue weighted by atomic mass is 9.71. The van der Waals surface area contributed by atoms with Crippen molar-refractivity contribution < 1.29 is 4.52 Å². The summed E-state index contributed by atoms with van der Waals surface area (Å²) in [6, 6.07) is 0. The Morgan fingerprint density at radius 3 is 2.39 bits per heavy atom. The second-order valence-electron chi connectivity index (χ2n) is 5.84. The van der Waals surface area contributed by atoms with Gasteiger partial charge in [0.1, 0.15) is 5.69 Å². The molecule has 0 spiro atoms. The van der Waals surface area contributed by atoms with Crippen molar-refractivity contribution in [3.8, 4) is 0 Å². The molecule has 1 aliphatic rings. The fourth-order valence-corrected chi connectivity index (χ4v) is 3.60. The first-order valence-corrected chi connectivity index (χ1v) is 7.85. The van der Waals surface area contributed by atoms with E-state index in [4.69, 9.17) is 39.3 Å². The van der Waals surface area contributed by atoms with Gasteiger partial charge in [0.2, 0.25) is 0 Å². The molecule has 18 heavy (non-hydrogen) atoms. The van der Waals surface area contributed by atoms with Gasteiger partial charge in [0, 0.05) is 5.56 Å². The zero-order valence-electron chi connectivity index (χ0n) is 10.4. The number of rotatable bonds is 0. The van der Waals surface area contributed by atoms with Crippen LogP contribution in [-0.2, 0) is 10.2 Å². The van der Waals surface area contributed by atoms with Gasteiger partial charge in [-0.05, 0) is 24.2 Å². The van der Waals surface area contributed by atoms with Gasteiger partial charge in [0.05, 0.1) is 4.83 Å². The van der Waals surface area contributed by atoms with Gasteiger partial charge >= 0.3 is 0 Å². The Bertz CT molecular complexity index is 447. The van der Waals surface area contributed by atoms with Crippen molar-refractivity contribution in [1.82, 2.24) is 5.16 Å². The summed E-state index contributed by atoms with van der Waals surface area (Å²) in [5.41, 5.74) is 2.02. The third-order valence-electron chi connectivity index (χ3n) is 3.54. The second-order valence-corrected chi connectivity index (χ2v) is 9.23. The topological polar surface area (TPSA) is 26.0 Å². The molecule has 1 aromatic rings. The van der Waals surface area contributed by atoms with Crippen LogP contribution in [-0.4, -0.2) is 5.16 Å². The van der Waals surface area contributed by atoms with E-state index in [0.29, 0.717) is 11.7 Å². The normalized spacial score (nSPS) is 25.1. The van der Waals surface area contributed by atoms with E-state index < -0.39 is 3.79 Å². The molecule has 2 atom stereocenters. The minimum Gasteiger partial charge on any atom is -0.356 e. The SMILES string of the molecule is CC(C)(C)C1Cc2c(noc2C(Cl)(Cl)Cl)C(Br)C1. The molecular formula is C12H15BrCl3NO. The molecule has 0 saturated heterocycles. The van der Waals surface area contributed by atoms with E-state index in [9.17, 15) is 0 Å². The van der Waals surface area contributed by atoms with Crippen LogP contribution in [0.25, 0.3) is 0 Å². The van der Waals surface area contributed by atoms with Crippen LogP contribution in [0, 0.1) is 11.3 Å². The number of halogens is 4. The first kappa shape index (κ1) is 15.0. The lowest BCUT2D eigenvalue weighted by Crippen LogP contribution is -2.28. The van der Waals surface area contributed by atoms with Crippen molar-refractivity contribution in [3.05, 3.63) is 17.0 Å². The summed E-state index contributed by atoms with van der Waals surface area (Å²) >= 11 is 21.4. The highest BCUT2D eigenvalue weighted by atomic mass is 79.9. The minimum absolute atomic E-state index is 0.162. The maximum absolute atomic E-state index is 5.93. The summed E-state index contributed by atoms with van der Waals surface area (Å²) in [5.74, 6) is 0.862. The lowest BCUT2D eigenvalue weighted by molar-refractivity contribution is 0.214. The van der Waals surface area contributed by atoms with Crippen molar-refractivity contribution >= 4 is 50.7 Å². The summed E-state index contributed by atoms with van der Waals surface area (Å²) in [4.78, 5) is 0.162. The molecule has 0 radical (unpaired) electrons. The van der Waals surface area contributed by atoms with Crippen LogP contribution in [0.3, 0.4) is 0 Å². The predicted molar refractivity (Wildman–Crippen MR) is 78.7 cm³/mol. The molecule has 0 saturated carbocycles. The van der Waals surface area contributed by atoms with E-state index in [1.54, 1.807) is 0 Å². The van der Waals surface area contributed by atoms with Crippen LogP contribution in [0.15, 0.2) is 4.52 Å². The van der Waals surface area contributed by atoms with Crippen molar-refractivity contribution in [2.75, 3.05) is 0 Å². The lowest BCUT2D eigenvalue weighted by Gasteiger charge is -2.35. The Morgan fingerprint density at radius 1 is 1.28 bits per heavy atom. The Labute approximate surface area is 130 Å². The van der Waals surface area contributed by atoms with E-state index >= 15 is 0 Å². The maximum atomic E-state index is 5.93. The molecule has 1 heterocycles. The number of hydrogen-bond donors (Lipinski definition) is 0. The quantitative estimate of drug-likeness (QED) is 0.556. The highest BCUT2D eigenvalue weighted by molar-refractivity contribution is 9.09. The largest absolute Gasteiger partial charge is 0.356 e. The molecule has 1 aliphatic carbocycles. The molecule has 6 heteroatoms. The van der Waals surface area contributed by atoms with Gasteiger partial charge < -0.3 is 4.52 Å². The third kappa shape index (κ3) is 2.84. The van der Waals surface area contributed by atoms with E-state index in [-0.39, 0.29) is 10.2 Å². The Kier molecular flexibility index (Phi) is 4.02. The molecule has 0 N–H and O–H groups in total. The molecule has 102 valence electrons. The maximum Gasteiger partial charge on any atom is 0.251 e. The molecule has 2 nitrogen and oxygen atoms in total. The van der Waals surface area contributed by atoms with Crippen molar-refractivity contribution in [2.45, 2.75) is 42.2 Å². The molecule has 0 aromatic carbocycles. The second kappa shape index (κ2) is 4.83. The van der Waals surface area contributed by atoms with Gasteiger partial charge in [0.25, 0.3) is 3.79 Å². The monoisotopic (exact) mass is 373 g/mol. The van der Waals surface area contributed by atoms with E-state index in [1.165, 1.54) is 0 Å². The van der Waals surface area contributed by atoms with Gasteiger partial charge in [-0.2, -0.15) is 0 Å². The molecule has 1 aromatic heterocycles. The first-order valence-electron chi connectivity index (χ1n) is 5.80. The van der Waals surface area contributed by atoms with Crippen molar-refractivity contribution in [1.29, 1.82) is 0 Å². The number of alkyl halides is 4. The average Bonchev–Trinajstić information content (AvgIpc) is 2.59. The van der Waals surface area contributed by atoms with Crippen LogP contribution < -0.4 is 0 Å². The van der Waals surface area contributed by atoms with Crippen LogP contribution in [0.2, 0.25) is 0 Å². The number of fused-ring (bicyclic) bond motifs is 1. The van der Waals surface area contributed by atoms with Gasteiger partial charge in [-0.1, -0.05) is 76.7 Å². The van der Waals surface area contributed by atoms with E-state index in [0.717, 1.165) is 24.1 Å².